The Kier molecular flexibility index (Phi) is 5.18. The minimum atomic E-state index is 0.375. The molecule has 0 amide bonds. The van der Waals surface area contributed by atoms with E-state index in [4.69, 9.17) is 26.1 Å². The zero-order valence-corrected chi connectivity index (χ0v) is 17.1. The van der Waals surface area contributed by atoms with E-state index in [1.807, 2.05) is 43.3 Å². The second kappa shape index (κ2) is 7.92. The number of hydrogen-bond donors (Lipinski definition) is 1. The molecule has 0 spiro atoms. The number of methoxy groups -OCH3 is 2. The quantitative estimate of drug-likeness (QED) is 0.366. The number of ether oxygens (including phenoxy) is 2. The summed E-state index contributed by atoms with van der Waals surface area (Å²) in [6.45, 7) is 2.05. The van der Waals surface area contributed by atoms with Gasteiger partial charge in [-0.2, -0.15) is 14.9 Å². The molecule has 8 heteroatoms. The molecular weight excluding hydrogens is 388 g/mol. The van der Waals surface area contributed by atoms with E-state index >= 15 is 0 Å². The van der Waals surface area contributed by atoms with E-state index in [1.165, 1.54) is 0 Å². The van der Waals surface area contributed by atoms with Crippen molar-refractivity contribution in [3.05, 3.63) is 58.6 Å². The third-order valence-electron chi connectivity index (χ3n) is 4.63. The Hall–Kier alpha value is -3.39. The molecule has 0 radical (unpaired) electrons. The monoisotopic (exact) mass is 408 g/mol. The van der Waals surface area contributed by atoms with Crippen molar-refractivity contribution < 1.29 is 13.9 Å². The minimum Gasteiger partial charge on any atom is -0.497 e. The zero-order valence-electron chi connectivity index (χ0n) is 16.3. The van der Waals surface area contributed by atoms with Gasteiger partial charge in [-0.05, 0) is 30.4 Å². The largest absolute Gasteiger partial charge is 0.497 e. The lowest BCUT2D eigenvalue weighted by Gasteiger charge is -2.09. The molecule has 0 unspecified atom stereocenters. The number of aryl methyl sites for hydroxylation is 1. The molecule has 2 aromatic heterocycles. The third-order valence-corrected chi connectivity index (χ3v) is 4.90. The number of H-pyrrole nitrogens is 1. The molecule has 0 aliphatic rings. The average Bonchev–Trinajstić information content (AvgIpc) is 3.31. The van der Waals surface area contributed by atoms with E-state index in [2.05, 4.69) is 15.3 Å². The molecule has 2 heterocycles. The fourth-order valence-electron chi connectivity index (χ4n) is 3.19. The van der Waals surface area contributed by atoms with E-state index in [0.29, 0.717) is 22.1 Å². The summed E-state index contributed by atoms with van der Waals surface area (Å²) in [4.78, 5) is 0. The number of fused-ring (bicyclic) bond motifs is 1. The van der Waals surface area contributed by atoms with Crippen LogP contribution in [0.15, 0.2) is 52.0 Å². The van der Waals surface area contributed by atoms with E-state index in [1.54, 1.807) is 31.2 Å². The van der Waals surface area contributed by atoms with Gasteiger partial charge < -0.3 is 13.9 Å². The number of nitrogens with one attached hydrogen (secondary N) is 1. The van der Waals surface area contributed by atoms with E-state index in [-0.39, 0.29) is 0 Å². The molecule has 0 atom stereocenters. The van der Waals surface area contributed by atoms with Crippen LogP contribution in [0, 0.1) is 4.77 Å². The van der Waals surface area contributed by atoms with Gasteiger partial charge in [-0.25, -0.2) is 5.10 Å². The summed E-state index contributed by atoms with van der Waals surface area (Å²) >= 11 is 5.40. The summed E-state index contributed by atoms with van der Waals surface area (Å²) in [5.74, 6) is 2.70. The molecular formula is C21H20N4O3S. The third kappa shape index (κ3) is 3.42. The fourth-order valence-corrected chi connectivity index (χ4v) is 3.37. The Labute approximate surface area is 172 Å². The minimum absolute atomic E-state index is 0.375. The van der Waals surface area contributed by atoms with Gasteiger partial charge in [0.25, 0.3) is 0 Å². The fraction of sp³-hybridized carbons (Fsp3) is 0.190. The normalized spacial score (nSPS) is 11.4. The standard InChI is InChI=1S/C21H20N4O3S/c1-4-17-16(14-7-5-6-8-18(14)28-17)12-22-25-20(23-24-21(25)29)15-10-9-13(26-2)11-19(15)27-3/h5-12H,4H2,1-3H3,(H,24,29)/b22-12-. The summed E-state index contributed by atoms with van der Waals surface area (Å²) in [6, 6.07) is 13.4. The summed E-state index contributed by atoms with van der Waals surface area (Å²) in [5, 5.41) is 12.8. The van der Waals surface area contributed by atoms with E-state index in [9.17, 15) is 0 Å². The van der Waals surface area contributed by atoms with Crippen molar-refractivity contribution in [3.8, 4) is 22.9 Å². The van der Waals surface area contributed by atoms with Crippen LogP contribution >= 0.6 is 12.2 Å². The van der Waals surface area contributed by atoms with Crippen LogP contribution in [-0.2, 0) is 6.42 Å². The number of nitrogens with zero attached hydrogens (tertiary/aromatic N) is 3. The Morgan fingerprint density at radius 1 is 1.21 bits per heavy atom. The molecule has 148 valence electrons. The molecule has 1 N–H and O–H groups in total. The van der Waals surface area contributed by atoms with Gasteiger partial charge in [0.05, 0.1) is 26.0 Å². The van der Waals surface area contributed by atoms with Crippen molar-refractivity contribution in [3.63, 3.8) is 0 Å². The Bertz CT molecular complexity index is 1250. The van der Waals surface area contributed by atoms with E-state index in [0.717, 1.165) is 34.3 Å². The summed E-state index contributed by atoms with van der Waals surface area (Å²) in [7, 11) is 3.20. The smallest absolute Gasteiger partial charge is 0.216 e. The molecule has 4 aromatic rings. The van der Waals surface area contributed by atoms with Crippen LogP contribution in [0.3, 0.4) is 0 Å². The van der Waals surface area contributed by atoms with Gasteiger partial charge >= 0.3 is 0 Å². The average molecular weight is 408 g/mol. The highest BCUT2D eigenvalue weighted by Crippen LogP contribution is 2.32. The van der Waals surface area contributed by atoms with Gasteiger partial charge in [0.2, 0.25) is 4.77 Å². The van der Waals surface area contributed by atoms with Crippen LogP contribution in [-0.4, -0.2) is 35.3 Å². The topological polar surface area (TPSA) is 77.6 Å². The van der Waals surface area contributed by atoms with Crippen LogP contribution in [0.25, 0.3) is 22.4 Å². The first kappa shape index (κ1) is 18.9. The van der Waals surface area contributed by atoms with Gasteiger partial charge in [-0.15, -0.1) is 0 Å². The molecule has 0 aliphatic carbocycles. The second-order valence-electron chi connectivity index (χ2n) is 6.26. The molecule has 0 saturated heterocycles. The number of hydrogen-bond acceptors (Lipinski definition) is 6. The SMILES string of the molecule is CCc1oc2ccccc2c1/C=N\n1c(-c2ccc(OC)cc2OC)n[nH]c1=S. The lowest BCUT2D eigenvalue weighted by molar-refractivity contribution is 0.395. The first-order valence-corrected chi connectivity index (χ1v) is 9.51. The molecule has 0 aliphatic heterocycles. The zero-order chi connectivity index (χ0) is 20.4. The maximum atomic E-state index is 5.94. The summed E-state index contributed by atoms with van der Waals surface area (Å²) < 4.78 is 18.7. The first-order valence-electron chi connectivity index (χ1n) is 9.10. The number of aromatic amines is 1. The second-order valence-corrected chi connectivity index (χ2v) is 6.65. The molecule has 0 bridgehead atoms. The van der Waals surface area contributed by atoms with Gasteiger partial charge in [0, 0.05) is 23.4 Å². The lowest BCUT2D eigenvalue weighted by atomic mass is 10.1. The van der Waals surface area contributed by atoms with Crippen LogP contribution in [0.4, 0.5) is 0 Å². The summed E-state index contributed by atoms with van der Waals surface area (Å²) in [6.07, 6.45) is 2.52. The molecule has 29 heavy (non-hydrogen) atoms. The van der Waals surface area contributed by atoms with Crippen LogP contribution in [0.5, 0.6) is 11.5 Å². The van der Waals surface area contributed by atoms with Crippen LogP contribution in [0.2, 0.25) is 0 Å². The number of benzene rings is 2. The number of furan rings is 1. The number of aromatic nitrogens is 3. The van der Waals surface area contributed by atoms with Gasteiger partial charge in [-0.3, -0.25) is 0 Å². The molecule has 4 rings (SSSR count). The highest BCUT2D eigenvalue weighted by Gasteiger charge is 2.15. The highest BCUT2D eigenvalue weighted by molar-refractivity contribution is 7.71. The van der Waals surface area contributed by atoms with Crippen molar-refractivity contribution in [2.24, 2.45) is 5.10 Å². The van der Waals surface area contributed by atoms with Crippen molar-refractivity contribution in [1.82, 2.24) is 14.9 Å². The highest BCUT2D eigenvalue weighted by atomic mass is 32.1. The van der Waals surface area contributed by atoms with Crippen LogP contribution in [0.1, 0.15) is 18.2 Å². The molecule has 2 aromatic carbocycles. The summed E-state index contributed by atoms with van der Waals surface area (Å²) in [5.41, 5.74) is 2.50. The maximum Gasteiger partial charge on any atom is 0.216 e. The van der Waals surface area contributed by atoms with Crippen molar-refractivity contribution in [2.75, 3.05) is 14.2 Å². The Morgan fingerprint density at radius 3 is 2.79 bits per heavy atom. The van der Waals surface area contributed by atoms with Crippen molar-refractivity contribution in [2.45, 2.75) is 13.3 Å². The predicted octanol–water partition coefficient (Wildman–Crippen LogP) is 4.82. The van der Waals surface area contributed by atoms with Gasteiger partial charge in [-0.1, -0.05) is 25.1 Å². The van der Waals surface area contributed by atoms with Crippen LogP contribution < -0.4 is 9.47 Å². The van der Waals surface area contributed by atoms with Crippen molar-refractivity contribution >= 4 is 29.4 Å². The van der Waals surface area contributed by atoms with Crippen molar-refractivity contribution in [1.29, 1.82) is 0 Å². The van der Waals surface area contributed by atoms with E-state index < -0.39 is 0 Å². The van der Waals surface area contributed by atoms with Gasteiger partial charge in [0.1, 0.15) is 22.8 Å². The molecule has 0 fully saturated rings. The molecule has 7 nitrogen and oxygen atoms in total. The van der Waals surface area contributed by atoms with Gasteiger partial charge in [0.15, 0.2) is 5.82 Å². The lowest BCUT2D eigenvalue weighted by Crippen LogP contribution is -1.98. The first-order chi connectivity index (χ1) is 14.2. The number of para-hydroxylation sites is 1. The Balaban J connectivity index is 1.82. The Morgan fingerprint density at radius 2 is 2.03 bits per heavy atom. The molecule has 0 saturated carbocycles. The predicted molar refractivity (Wildman–Crippen MR) is 115 cm³/mol. The maximum absolute atomic E-state index is 5.94. The number of rotatable bonds is 6.